The number of aromatic nitrogens is 2. The van der Waals surface area contributed by atoms with Crippen molar-refractivity contribution in [3.05, 3.63) is 118 Å². The van der Waals surface area contributed by atoms with Crippen LogP contribution in [0.4, 0.5) is 11.5 Å². The van der Waals surface area contributed by atoms with Crippen LogP contribution >= 0.6 is 23.2 Å². The van der Waals surface area contributed by atoms with Gasteiger partial charge >= 0.3 is 0 Å². The van der Waals surface area contributed by atoms with E-state index in [1.54, 1.807) is 37.4 Å². The molecule has 0 aliphatic heterocycles. The summed E-state index contributed by atoms with van der Waals surface area (Å²) >= 11 is 13.2. The second-order valence-electron chi connectivity index (χ2n) is 9.84. The number of halogens is 2. The van der Waals surface area contributed by atoms with Crippen LogP contribution in [0.25, 0.3) is 17.0 Å². The highest BCUT2D eigenvalue weighted by atomic mass is 35.5. The van der Waals surface area contributed by atoms with E-state index in [0.717, 1.165) is 16.6 Å². The van der Waals surface area contributed by atoms with Gasteiger partial charge in [0, 0.05) is 41.0 Å². The molecule has 228 valence electrons. The fourth-order valence-electron chi connectivity index (χ4n) is 4.27. The molecule has 0 bridgehead atoms. The summed E-state index contributed by atoms with van der Waals surface area (Å²) in [6.45, 7) is 1.68. The Bertz CT molecular complexity index is 1890. The third-order valence-corrected chi connectivity index (χ3v) is 7.49. The molecule has 45 heavy (non-hydrogen) atoms. The van der Waals surface area contributed by atoms with Crippen LogP contribution in [0.15, 0.2) is 89.7 Å². The van der Waals surface area contributed by atoms with Crippen molar-refractivity contribution in [3.8, 4) is 5.75 Å². The molecule has 3 heterocycles. The molecule has 0 saturated heterocycles. The number of nitrogens with zero attached hydrogens (tertiary/aromatic N) is 3. The Morgan fingerprint density at radius 2 is 1.87 bits per heavy atom. The maximum Gasteiger partial charge on any atom is 0.292 e. The van der Waals surface area contributed by atoms with Crippen molar-refractivity contribution in [2.45, 2.75) is 13.5 Å². The van der Waals surface area contributed by atoms with E-state index in [4.69, 9.17) is 32.4 Å². The normalized spacial score (nSPS) is 11.0. The summed E-state index contributed by atoms with van der Waals surface area (Å²) in [6.07, 6.45) is 5.70. The number of rotatable bonds is 10. The van der Waals surface area contributed by atoms with E-state index >= 15 is 0 Å². The lowest BCUT2D eigenvalue weighted by Crippen LogP contribution is -2.37. The molecule has 5 rings (SSSR count). The summed E-state index contributed by atoms with van der Waals surface area (Å²) < 4.78 is 11.1. The molecule has 0 atom stereocenters. The van der Waals surface area contributed by atoms with Gasteiger partial charge < -0.3 is 24.7 Å². The van der Waals surface area contributed by atoms with Crippen molar-refractivity contribution in [1.29, 1.82) is 0 Å². The van der Waals surface area contributed by atoms with Crippen LogP contribution < -0.4 is 20.3 Å². The van der Waals surface area contributed by atoms with Crippen LogP contribution in [0.5, 0.6) is 5.75 Å². The Balaban J connectivity index is 1.16. The van der Waals surface area contributed by atoms with Crippen molar-refractivity contribution in [2.24, 2.45) is 0 Å². The van der Waals surface area contributed by atoms with E-state index in [9.17, 15) is 14.4 Å². The maximum absolute atomic E-state index is 12.9. The lowest BCUT2D eigenvalue weighted by Gasteiger charge is -2.21. The molecule has 2 aromatic carbocycles. The van der Waals surface area contributed by atoms with Gasteiger partial charge in [-0.15, -0.1) is 0 Å². The van der Waals surface area contributed by atoms with Crippen LogP contribution in [-0.4, -0.2) is 41.3 Å². The predicted octanol–water partition coefficient (Wildman–Crippen LogP) is 6.46. The first kappa shape index (κ1) is 31.2. The number of nitrogens with one attached hydrogen (secondary N) is 2. The lowest BCUT2D eigenvalue weighted by molar-refractivity contribution is -0.122. The quantitative estimate of drug-likeness (QED) is 0.167. The number of fused-ring (bicyclic) bond motifs is 1. The molecular weight excluding hydrogens is 617 g/mol. The van der Waals surface area contributed by atoms with Gasteiger partial charge in [-0.05, 0) is 67.1 Å². The zero-order valence-electron chi connectivity index (χ0n) is 24.2. The first-order valence-electron chi connectivity index (χ1n) is 13.7. The molecule has 3 aromatic heterocycles. The number of amides is 3. The van der Waals surface area contributed by atoms with E-state index in [-0.39, 0.29) is 23.9 Å². The van der Waals surface area contributed by atoms with Crippen LogP contribution in [-0.2, 0) is 16.2 Å². The Morgan fingerprint density at radius 3 is 2.62 bits per heavy atom. The molecule has 0 aliphatic carbocycles. The number of benzene rings is 2. The van der Waals surface area contributed by atoms with Crippen molar-refractivity contribution < 1.29 is 23.5 Å². The zero-order chi connectivity index (χ0) is 31.9. The summed E-state index contributed by atoms with van der Waals surface area (Å²) in [5.41, 5.74) is 3.11. The second kappa shape index (κ2) is 14.1. The minimum absolute atomic E-state index is 0.0516. The minimum Gasteiger partial charge on any atom is -0.487 e. The number of likely N-dealkylation sites (N-methyl/N-ethyl adjacent to an activating group) is 1. The lowest BCUT2D eigenvalue weighted by atomic mass is 10.1. The molecule has 10 nitrogen and oxygen atoms in total. The van der Waals surface area contributed by atoms with E-state index in [2.05, 4.69) is 20.6 Å². The Kier molecular flexibility index (Phi) is 9.76. The van der Waals surface area contributed by atoms with Gasteiger partial charge in [-0.1, -0.05) is 41.4 Å². The van der Waals surface area contributed by atoms with Gasteiger partial charge in [0.15, 0.2) is 5.76 Å². The fourth-order valence-corrected chi connectivity index (χ4v) is 4.88. The summed E-state index contributed by atoms with van der Waals surface area (Å²) in [7, 11) is 1.55. The largest absolute Gasteiger partial charge is 0.487 e. The molecular formula is C33H27Cl2N5O5. The molecule has 3 amide bonds. The molecule has 0 aliphatic rings. The monoisotopic (exact) mass is 643 g/mol. The van der Waals surface area contributed by atoms with Crippen molar-refractivity contribution in [1.82, 2.24) is 15.3 Å². The minimum atomic E-state index is -0.484. The first-order valence-corrected chi connectivity index (χ1v) is 14.4. The summed E-state index contributed by atoms with van der Waals surface area (Å²) in [5, 5.41) is 6.75. The average Bonchev–Trinajstić information content (AvgIpc) is 3.59. The standard InChI is InChI=1S/C33H27Cl2N5O5/c1-20-8-11-22-5-3-6-26(32(22)38-20)45-19-23-24(34)12-13-25(31(23)35)40(2)30(42)18-37-29(41)15-10-21-9-14-28(36-17-21)39-33(43)27-7-4-16-44-27/h3-17H,18-19H2,1-2H3,(H,37,41)(H,36,39,43). The molecule has 0 unspecified atom stereocenters. The highest BCUT2D eigenvalue weighted by Crippen LogP contribution is 2.35. The Hall–Kier alpha value is -5.19. The highest BCUT2D eigenvalue weighted by Gasteiger charge is 2.19. The van der Waals surface area contributed by atoms with Gasteiger partial charge in [0.1, 0.15) is 23.7 Å². The van der Waals surface area contributed by atoms with Crippen molar-refractivity contribution in [3.63, 3.8) is 0 Å². The number of furan rings is 1. The summed E-state index contributed by atoms with van der Waals surface area (Å²) in [5.74, 6) is -0.250. The van der Waals surface area contributed by atoms with Crippen LogP contribution in [0.3, 0.4) is 0 Å². The summed E-state index contributed by atoms with van der Waals surface area (Å²) in [4.78, 5) is 47.5. The van der Waals surface area contributed by atoms with E-state index in [1.165, 1.54) is 35.6 Å². The average molecular weight is 645 g/mol. The second-order valence-corrected chi connectivity index (χ2v) is 10.6. The van der Waals surface area contributed by atoms with E-state index in [0.29, 0.717) is 33.4 Å². The van der Waals surface area contributed by atoms with Gasteiger partial charge in [0.2, 0.25) is 11.8 Å². The number of ether oxygens (including phenoxy) is 1. The van der Waals surface area contributed by atoms with E-state index < -0.39 is 17.7 Å². The molecule has 0 radical (unpaired) electrons. The fraction of sp³-hybridized carbons (Fsp3) is 0.121. The van der Waals surface area contributed by atoms with Crippen LogP contribution in [0.2, 0.25) is 10.0 Å². The zero-order valence-corrected chi connectivity index (χ0v) is 25.7. The molecule has 12 heteroatoms. The predicted molar refractivity (Wildman–Crippen MR) is 174 cm³/mol. The molecule has 5 aromatic rings. The molecule has 0 spiro atoms. The van der Waals surface area contributed by atoms with Gasteiger partial charge in [0.25, 0.3) is 5.91 Å². The van der Waals surface area contributed by atoms with Crippen molar-refractivity contribution >= 4 is 69.4 Å². The van der Waals surface area contributed by atoms with Gasteiger partial charge in [0.05, 0.1) is 23.5 Å². The van der Waals surface area contributed by atoms with Gasteiger partial charge in [-0.2, -0.15) is 0 Å². The number of para-hydroxylation sites is 1. The molecule has 0 saturated carbocycles. The number of carbonyl (C=O) groups is 3. The number of aryl methyl sites for hydroxylation is 1. The van der Waals surface area contributed by atoms with Gasteiger partial charge in [-0.25, -0.2) is 9.97 Å². The third-order valence-electron chi connectivity index (χ3n) is 6.71. The number of carbonyl (C=O) groups excluding carboxylic acids is 3. The number of pyridine rings is 2. The van der Waals surface area contributed by atoms with Crippen LogP contribution in [0, 0.1) is 6.92 Å². The number of anilines is 2. The Morgan fingerprint density at radius 1 is 1.02 bits per heavy atom. The van der Waals surface area contributed by atoms with Crippen molar-refractivity contribution in [2.75, 3.05) is 23.8 Å². The first-order chi connectivity index (χ1) is 21.7. The topological polar surface area (TPSA) is 127 Å². The smallest absolute Gasteiger partial charge is 0.292 e. The summed E-state index contributed by atoms with van der Waals surface area (Å²) in [6, 6.07) is 19.2. The van der Waals surface area contributed by atoms with E-state index in [1.807, 2.05) is 37.3 Å². The maximum atomic E-state index is 12.9. The van der Waals surface area contributed by atoms with Crippen LogP contribution in [0.1, 0.15) is 27.4 Å². The number of hydrogen-bond donors (Lipinski definition) is 2. The van der Waals surface area contributed by atoms with Gasteiger partial charge in [-0.3, -0.25) is 14.4 Å². The molecule has 2 N–H and O–H groups in total. The third kappa shape index (κ3) is 7.67. The highest BCUT2D eigenvalue weighted by molar-refractivity contribution is 6.38. The number of hydrogen-bond acceptors (Lipinski definition) is 7. The SMILES string of the molecule is Cc1ccc2cccc(OCc3c(Cl)ccc(N(C)C(=O)CNC(=O)C=Cc4ccc(NC(=O)c5ccco5)nc4)c3Cl)c2n1. The Labute approximate surface area is 268 Å². The molecule has 0 fully saturated rings.